The summed E-state index contributed by atoms with van der Waals surface area (Å²) in [4.78, 5) is 10.5. The average Bonchev–Trinajstić information content (AvgIpc) is 2.63. The highest BCUT2D eigenvalue weighted by Crippen LogP contribution is 2.30. The van der Waals surface area contributed by atoms with Gasteiger partial charge in [0, 0.05) is 25.9 Å². The summed E-state index contributed by atoms with van der Waals surface area (Å²) in [6.07, 6.45) is 12.1. The molecule has 0 saturated carbocycles. The number of ether oxygens (including phenoxy) is 2. The fourth-order valence-corrected chi connectivity index (χ4v) is 3.23. The molecule has 1 fully saturated rings. The van der Waals surface area contributed by atoms with Crippen LogP contribution in [0.25, 0.3) is 0 Å². The summed E-state index contributed by atoms with van der Waals surface area (Å²) < 4.78 is 11.2. The molecule has 1 aliphatic heterocycles. The molecule has 0 aromatic rings. The zero-order valence-electron chi connectivity index (χ0n) is 16.6. The molecule has 156 valence electrons. The van der Waals surface area contributed by atoms with E-state index in [2.05, 4.69) is 6.92 Å². The highest BCUT2D eigenvalue weighted by molar-refractivity contribution is 5.66. The number of hydrogen-bond acceptors (Lipinski definition) is 5. The number of hydrogen-bond donors (Lipinski definition) is 3. The van der Waals surface area contributed by atoms with E-state index in [9.17, 15) is 15.0 Å². The van der Waals surface area contributed by atoms with E-state index in [1.165, 1.54) is 0 Å². The molecule has 0 aliphatic carbocycles. The van der Waals surface area contributed by atoms with Gasteiger partial charge in [0.25, 0.3) is 0 Å². The first-order valence-corrected chi connectivity index (χ1v) is 10.1. The number of aliphatic hydroxyl groups excluding tert-OH is 2. The van der Waals surface area contributed by atoms with Gasteiger partial charge in [0.2, 0.25) is 0 Å². The van der Waals surface area contributed by atoms with Gasteiger partial charge in [-0.25, -0.2) is 0 Å². The number of methoxy groups -OCH3 is 1. The van der Waals surface area contributed by atoms with Crippen molar-refractivity contribution in [2.75, 3.05) is 7.11 Å². The Kier molecular flexibility index (Phi) is 12.3. The molecule has 3 N–H and O–H groups in total. The molecule has 1 unspecified atom stereocenters. The number of rotatable bonds is 13. The second-order valence-corrected chi connectivity index (χ2v) is 7.17. The van der Waals surface area contributed by atoms with Gasteiger partial charge >= 0.3 is 5.97 Å². The molecule has 6 nitrogen and oxygen atoms in total. The highest BCUT2D eigenvalue weighted by Gasteiger charge is 2.35. The molecule has 0 aromatic heterocycles. The van der Waals surface area contributed by atoms with Crippen LogP contribution < -0.4 is 0 Å². The van der Waals surface area contributed by atoms with E-state index < -0.39 is 24.5 Å². The van der Waals surface area contributed by atoms with Crippen LogP contribution in [0, 0.1) is 5.92 Å². The van der Waals surface area contributed by atoms with E-state index in [1.807, 2.05) is 18.2 Å². The van der Waals surface area contributed by atoms with Crippen LogP contribution in [-0.4, -0.2) is 53.0 Å². The van der Waals surface area contributed by atoms with Crippen LogP contribution in [0.15, 0.2) is 24.3 Å². The molecular weight excluding hydrogens is 348 g/mol. The molecule has 1 heterocycles. The van der Waals surface area contributed by atoms with Gasteiger partial charge in [0.15, 0.2) is 6.29 Å². The number of unbranched alkanes of at least 4 members (excludes halogenated alkanes) is 3. The Hall–Kier alpha value is -1.21. The zero-order valence-corrected chi connectivity index (χ0v) is 16.6. The van der Waals surface area contributed by atoms with Crippen LogP contribution in [0.5, 0.6) is 0 Å². The van der Waals surface area contributed by atoms with Crippen molar-refractivity contribution in [3.8, 4) is 0 Å². The van der Waals surface area contributed by atoms with E-state index in [0.717, 1.165) is 25.7 Å². The third-order valence-corrected chi connectivity index (χ3v) is 4.88. The minimum Gasteiger partial charge on any atom is -0.481 e. The van der Waals surface area contributed by atoms with Crippen LogP contribution in [0.2, 0.25) is 0 Å². The van der Waals surface area contributed by atoms with Gasteiger partial charge in [-0.15, -0.1) is 0 Å². The van der Waals surface area contributed by atoms with Crippen molar-refractivity contribution in [3.05, 3.63) is 24.3 Å². The Labute approximate surface area is 162 Å². The molecule has 0 amide bonds. The van der Waals surface area contributed by atoms with Crippen molar-refractivity contribution in [2.24, 2.45) is 5.92 Å². The first-order valence-electron chi connectivity index (χ1n) is 10.1. The summed E-state index contributed by atoms with van der Waals surface area (Å²) >= 11 is 0. The summed E-state index contributed by atoms with van der Waals surface area (Å²) in [6, 6.07) is 0. The first-order chi connectivity index (χ1) is 13.0. The maximum absolute atomic E-state index is 10.5. The van der Waals surface area contributed by atoms with E-state index in [1.54, 1.807) is 13.2 Å². The van der Waals surface area contributed by atoms with E-state index in [4.69, 9.17) is 14.6 Å². The fourth-order valence-electron chi connectivity index (χ4n) is 3.23. The molecule has 0 aromatic carbocycles. The second-order valence-electron chi connectivity index (χ2n) is 7.17. The van der Waals surface area contributed by atoms with Crippen molar-refractivity contribution in [1.29, 1.82) is 0 Å². The highest BCUT2D eigenvalue weighted by atomic mass is 16.7. The molecule has 1 saturated heterocycles. The van der Waals surface area contributed by atoms with Gasteiger partial charge in [-0.2, -0.15) is 0 Å². The van der Waals surface area contributed by atoms with Gasteiger partial charge in [-0.05, 0) is 25.7 Å². The van der Waals surface area contributed by atoms with E-state index >= 15 is 0 Å². The molecule has 6 heteroatoms. The normalized spacial score (nSPS) is 27.4. The molecule has 1 rings (SSSR count). The van der Waals surface area contributed by atoms with Crippen LogP contribution in [0.4, 0.5) is 0 Å². The Balaban J connectivity index is 2.58. The minimum atomic E-state index is -0.784. The van der Waals surface area contributed by atoms with Gasteiger partial charge in [0.1, 0.15) is 0 Å². The predicted molar refractivity (Wildman–Crippen MR) is 104 cm³/mol. The van der Waals surface area contributed by atoms with Crippen molar-refractivity contribution < 1.29 is 29.6 Å². The summed E-state index contributed by atoms with van der Waals surface area (Å²) in [5.41, 5.74) is 0. The Morgan fingerprint density at radius 3 is 2.74 bits per heavy atom. The van der Waals surface area contributed by atoms with Gasteiger partial charge < -0.3 is 24.8 Å². The lowest BCUT2D eigenvalue weighted by Gasteiger charge is -2.37. The van der Waals surface area contributed by atoms with Crippen LogP contribution in [-0.2, 0) is 14.3 Å². The summed E-state index contributed by atoms with van der Waals surface area (Å²) in [5, 5.41) is 29.2. The lowest BCUT2D eigenvalue weighted by molar-refractivity contribution is -0.212. The number of carboxylic acid groups (broad SMARTS) is 1. The maximum Gasteiger partial charge on any atom is 0.303 e. The predicted octanol–water partition coefficient (Wildman–Crippen LogP) is 3.42. The van der Waals surface area contributed by atoms with Crippen LogP contribution in [0.1, 0.15) is 64.7 Å². The monoisotopic (exact) mass is 384 g/mol. The van der Waals surface area contributed by atoms with Crippen molar-refractivity contribution in [1.82, 2.24) is 0 Å². The molecule has 1 aliphatic rings. The molecule has 0 spiro atoms. The lowest BCUT2D eigenvalue weighted by atomic mass is 9.87. The third kappa shape index (κ3) is 10.1. The average molecular weight is 385 g/mol. The first kappa shape index (κ1) is 23.8. The molecule has 5 atom stereocenters. The standard InChI is InChI=1S/C21H36O6/c1-3-4-7-10-16(22)13-14-19-17(18(23)15-21(26-2)27-19)11-8-5-6-9-12-20(24)25/h5,8,13-14,16-19,21-23H,3-4,6-7,9-12,15H2,1-2H3,(H,24,25)/b8-5+,14-13?/t16-,17-,18-,19+,21?/m0/s1. The van der Waals surface area contributed by atoms with Gasteiger partial charge in [-0.1, -0.05) is 50.5 Å². The minimum absolute atomic E-state index is 0.119. The van der Waals surface area contributed by atoms with E-state index in [-0.39, 0.29) is 18.4 Å². The summed E-state index contributed by atoms with van der Waals surface area (Å²) in [6.45, 7) is 2.13. The molecule has 27 heavy (non-hydrogen) atoms. The number of carbonyl (C=O) groups is 1. The van der Waals surface area contributed by atoms with Crippen molar-refractivity contribution in [2.45, 2.75) is 89.3 Å². The van der Waals surface area contributed by atoms with Gasteiger partial charge in [-0.3, -0.25) is 4.79 Å². The Morgan fingerprint density at radius 1 is 1.30 bits per heavy atom. The zero-order chi connectivity index (χ0) is 20.1. The number of aliphatic carboxylic acids is 1. The molecule has 0 bridgehead atoms. The van der Waals surface area contributed by atoms with Crippen LogP contribution >= 0.6 is 0 Å². The van der Waals surface area contributed by atoms with Crippen LogP contribution in [0.3, 0.4) is 0 Å². The number of allylic oxidation sites excluding steroid dienone is 2. The maximum atomic E-state index is 10.5. The van der Waals surface area contributed by atoms with E-state index in [0.29, 0.717) is 25.7 Å². The quantitative estimate of drug-likeness (QED) is 0.333. The molecular formula is C21H36O6. The second kappa shape index (κ2) is 13.9. The third-order valence-electron chi connectivity index (χ3n) is 4.88. The molecule has 0 radical (unpaired) electrons. The summed E-state index contributed by atoms with van der Waals surface area (Å²) in [7, 11) is 1.56. The Morgan fingerprint density at radius 2 is 2.07 bits per heavy atom. The Bertz CT molecular complexity index is 462. The number of carboxylic acids is 1. The number of aliphatic hydroxyl groups is 2. The smallest absolute Gasteiger partial charge is 0.303 e. The fraction of sp³-hybridized carbons (Fsp3) is 0.762. The van der Waals surface area contributed by atoms with Gasteiger partial charge in [0.05, 0.1) is 18.3 Å². The SMILES string of the molecule is CCCCC[C@H](O)C=C[C@H]1OC(OC)C[C@H](O)[C@@H]1C/C=C/CCCC(=O)O. The largest absolute Gasteiger partial charge is 0.481 e. The topological polar surface area (TPSA) is 96.2 Å². The lowest BCUT2D eigenvalue weighted by Crippen LogP contribution is -2.44. The van der Waals surface area contributed by atoms with Crippen molar-refractivity contribution >= 4 is 5.97 Å². The van der Waals surface area contributed by atoms with Crippen molar-refractivity contribution in [3.63, 3.8) is 0 Å². The summed E-state index contributed by atoms with van der Waals surface area (Å²) in [5.74, 6) is -0.904.